The first-order chi connectivity index (χ1) is 10.5. The molecule has 0 aromatic carbocycles. The molecule has 0 atom stereocenters. The van der Waals surface area contributed by atoms with Gasteiger partial charge in [-0.3, -0.25) is 4.98 Å². The normalized spacial score (nSPS) is 11.3. The average Bonchev–Trinajstić information content (AvgIpc) is 2.47. The highest BCUT2D eigenvalue weighted by atomic mass is 19.4. The molecule has 0 N–H and O–H groups in total. The van der Waals surface area contributed by atoms with E-state index in [1.807, 2.05) is 0 Å². The van der Waals surface area contributed by atoms with Crippen molar-refractivity contribution < 1.29 is 22.6 Å². The lowest BCUT2D eigenvalue weighted by Crippen LogP contribution is -2.15. The maximum Gasteiger partial charge on any atom is 0.426 e. The molecule has 0 aliphatic heterocycles. The highest BCUT2D eigenvalue weighted by molar-refractivity contribution is 5.53. The van der Waals surface area contributed by atoms with Gasteiger partial charge in [0.05, 0.1) is 13.2 Å². The van der Waals surface area contributed by atoms with Crippen molar-refractivity contribution in [2.75, 3.05) is 13.2 Å². The second-order valence-corrected chi connectivity index (χ2v) is 4.11. The highest BCUT2D eigenvalue weighted by Gasteiger charge is 2.41. The van der Waals surface area contributed by atoms with Gasteiger partial charge in [0, 0.05) is 6.20 Å². The van der Waals surface area contributed by atoms with Gasteiger partial charge in [-0.05, 0) is 26.0 Å². The molecule has 22 heavy (non-hydrogen) atoms. The van der Waals surface area contributed by atoms with Crippen molar-refractivity contribution in [3.63, 3.8) is 0 Å². The van der Waals surface area contributed by atoms with E-state index in [0.717, 1.165) is 0 Å². The molecule has 0 saturated heterocycles. The fraction of sp³-hybridized carbons (Fsp3) is 0.357. The Morgan fingerprint density at radius 2 is 1.59 bits per heavy atom. The standard InChI is InChI=1S/C14H14F3N3O2/c1-3-21-12-10(14(15,16)17)13(22-4-2)20-11(19-12)9-7-5-6-8-18-9/h5-8H,3-4H2,1-2H3. The summed E-state index contributed by atoms with van der Waals surface area (Å²) in [6.45, 7) is 3.22. The van der Waals surface area contributed by atoms with Crippen molar-refractivity contribution in [1.29, 1.82) is 0 Å². The third-order valence-electron chi connectivity index (χ3n) is 2.58. The van der Waals surface area contributed by atoms with Gasteiger partial charge in [0.2, 0.25) is 11.8 Å². The monoisotopic (exact) mass is 313 g/mol. The zero-order chi connectivity index (χ0) is 16.2. The number of hydrogen-bond donors (Lipinski definition) is 0. The van der Waals surface area contributed by atoms with Gasteiger partial charge in [-0.15, -0.1) is 0 Å². The van der Waals surface area contributed by atoms with E-state index in [9.17, 15) is 13.2 Å². The molecule has 2 heterocycles. The van der Waals surface area contributed by atoms with Crippen LogP contribution in [0.25, 0.3) is 11.5 Å². The van der Waals surface area contributed by atoms with E-state index in [1.54, 1.807) is 32.0 Å². The lowest BCUT2D eigenvalue weighted by molar-refractivity contribution is -0.141. The van der Waals surface area contributed by atoms with E-state index >= 15 is 0 Å². The number of ether oxygens (including phenoxy) is 2. The number of alkyl halides is 3. The van der Waals surface area contributed by atoms with Crippen LogP contribution in [0.15, 0.2) is 24.4 Å². The molecule has 2 aromatic rings. The van der Waals surface area contributed by atoms with Crippen molar-refractivity contribution in [2.45, 2.75) is 20.0 Å². The molecule has 0 saturated carbocycles. The Labute approximate surface area is 125 Å². The first-order valence-electron chi connectivity index (χ1n) is 6.63. The molecule has 0 radical (unpaired) electrons. The summed E-state index contributed by atoms with van der Waals surface area (Å²) in [4.78, 5) is 11.7. The van der Waals surface area contributed by atoms with Gasteiger partial charge in [-0.1, -0.05) is 6.07 Å². The smallest absolute Gasteiger partial charge is 0.426 e. The summed E-state index contributed by atoms with van der Waals surface area (Å²) in [5.74, 6) is -1.11. The molecule has 0 amide bonds. The molecule has 0 aliphatic rings. The minimum atomic E-state index is -4.68. The topological polar surface area (TPSA) is 57.1 Å². The van der Waals surface area contributed by atoms with Crippen molar-refractivity contribution >= 4 is 0 Å². The van der Waals surface area contributed by atoms with Gasteiger partial charge in [-0.25, -0.2) is 0 Å². The molecule has 0 aliphatic carbocycles. The van der Waals surface area contributed by atoms with Crippen LogP contribution in [-0.4, -0.2) is 28.2 Å². The van der Waals surface area contributed by atoms with Crippen molar-refractivity contribution in [2.24, 2.45) is 0 Å². The minimum Gasteiger partial charge on any atom is -0.477 e. The summed E-state index contributed by atoms with van der Waals surface area (Å²) in [7, 11) is 0. The number of aromatic nitrogens is 3. The van der Waals surface area contributed by atoms with E-state index in [-0.39, 0.29) is 19.0 Å². The summed E-state index contributed by atoms with van der Waals surface area (Å²) in [6, 6.07) is 4.96. The van der Waals surface area contributed by atoms with Gasteiger partial charge in [0.1, 0.15) is 5.69 Å². The van der Waals surface area contributed by atoms with Crippen LogP contribution in [0.1, 0.15) is 19.4 Å². The fourth-order valence-electron chi connectivity index (χ4n) is 1.76. The fourth-order valence-corrected chi connectivity index (χ4v) is 1.76. The molecule has 0 bridgehead atoms. The second kappa shape index (κ2) is 6.59. The van der Waals surface area contributed by atoms with Crippen LogP contribution < -0.4 is 9.47 Å². The van der Waals surface area contributed by atoms with Gasteiger partial charge < -0.3 is 9.47 Å². The summed E-state index contributed by atoms with van der Waals surface area (Å²) in [5.41, 5.74) is -0.783. The van der Waals surface area contributed by atoms with Gasteiger partial charge >= 0.3 is 6.18 Å². The summed E-state index contributed by atoms with van der Waals surface area (Å²) in [6.07, 6.45) is -3.19. The molecule has 118 valence electrons. The van der Waals surface area contributed by atoms with Crippen LogP contribution in [0.2, 0.25) is 0 Å². The van der Waals surface area contributed by atoms with Crippen LogP contribution in [0, 0.1) is 0 Å². The predicted molar refractivity (Wildman–Crippen MR) is 72.6 cm³/mol. The lowest BCUT2D eigenvalue weighted by Gasteiger charge is -2.16. The van der Waals surface area contributed by atoms with Gasteiger partial charge in [-0.2, -0.15) is 23.1 Å². The van der Waals surface area contributed by atoms with Crippen LogP contribution in [0.5, 0.6) is 11.8 Å². The quantitative estimate of drug-likeness (QED) is 0.847. The molecule has 2 rings (SSSR count). The number of pyridine rings is 1. The first kappa shape index (κ1) is 16.0. The molecule has 0 unspecified atom stereocenters. The Morgan fingerprint density at radius 3 is 2.00 bits per heavy atom. The summed E-state index contributed by atoms with van der Waals surface area (Å²) < 4.78 is 49.8. The molecular weight excluding hydrogens is 299 g/mol. The number of nitrogens with zero attached hydrogens (tertiary/aromatic N) is 3. The van der Waals surface area contributed by atoms with E-state index in [4.69, 9.17) is 9.47 Å². The highest BCUT2D eigenvalue weighted by Crippen LogP contribution is 2.41. The van der Waals surface area contributed by atoms with E-state index in [1.165, 1.54) is 6.20 Å². The van der Waals surface area contributed by atoms with E-state index < -0.39 is 23.5 Å². The van der Waals surface area contributed by atoms with Crippen molar-refractivity contribution in [3.8, 4) is 23.3 Å². The maximum absolute atomic E-state index is 13.2. The third-order valence-corrected chi connectivity index (χ3v) is 2.58. The number of rotatable bonds is 5. The zero-order valence-electron chi connectivity index (χ0n) is 12.0. The van der Waals surface area contributed by atoms with E-state index in [2.05, 4.69) is 15.0 Å². The largest absolute Gasteiger partial charge is 0.477 e. The van der Waals surface area contributed by atoms with Crippen LogP contribution in [0.3, 0.4) is 0 Å². The molecule has 0 fully saturated rings. The molecule has 2 aromatic heterocycles. The van der Waals surface area contributed by atoms with Gasteiger partial charge in [0.15, 0.2) is 11.4 Å². The third kappa shape index (κ3) is 3.44. The van der Waals surface area contributed by atoms with E-state index in [0.29, 0.717) is 5.69 Å². The number of hydrogen-bond acceptors (Lipinski definition) is 5. The lowest BCUT2D eigenvalue weighted by atomic mass is 10.2. The Hall–Kier alpha value is -2.38. The Morgan fingerprint density at radius 1 is 1.00 bits per heavy atom. The Bertz CT molecular complexity index is 606. The van der Waals surface area contributed by atoms with Crippen molar-refractivity contribution in [3.05, 3.63) is 30.0 Å². The van der Waals surface area contributed by atoms with Crippen LogP contribution >= 0.6 is 0 Å². The Balaban J connectivity index is 2.64. The van der Waals surface area contributed by atoms with Crippen molar-refractivity contribution in [1.82, 2.24) is 15.0 Å². The summed E-state index contributed by atoms with van der Waals surface area (Å²) >= 11 is 0. The Kier molecular flexibility index (Phi) is 4.79. The van der Waals surface area contributed by atoms with Crippen LogP contribution in [-0.2, 0) is 6.18 Å². The average molecular weight is 313 g/mol. The van der Waals surface area contributed by atoms with Gasteiger partial charge in [0.25, 0.3) is 0 Å². The second-order valence-electron chi connectivity index (χ2n) is 4.11. The molecule has 5 nitrogen and oxygen atoms in total. The first-order valence-corrected chi connectivity index (χ1v) is 6.63. The number of halogens is 3. The maximum atomic E-state index is 13.2. The molecule has 8 heteroatoms. The minimum absolute atomic E-state index is 0.0144. The molecule has 0 spiro atoms. The van der Waals surface area contributed by atoms with Crippen LogP contribution in [0.4, 0.5) is 13.2 Å². The SMILES string of the molecule is CCOc1nc(-c2ccccn2)nc(OCC)c1C(F)(F)F. The zero-order valence-corrected chi connectivity index (χ0v) is 12.0. The molecular formula is C14H14F3N3O2. The summed E-state index contributed by atoms with van der Waals surface area (Å²) in [5, 5.41) is 0. The predicted octanol–water partition coefficient (Wildman–Crippen LogP) is 3.35.